The number of carbonyl (C=O) groups is 2. The first-order valence-corrected chi connectivity index (χ1v) is 11.7. The van der Waals surface area contributed by atoms with Crippen LogP contribution >= 0.6 is 11.6 Å². The molecule has 0 radical (unpaired) electrons. The molecule has 0 bridgehead atoms. The Balaban J connectivity index is 1.35. The van der Waals surface area contributed by atoms with Gasteiger partial charge in [0.15, 0.2) is 0 Å². The number of phenols is 1. The smallest absolute Gasteiger partial charge is 0.342 e. The number of anilines is 1. The van der Waals surface area contributed by atoms with E-state index in [4.69, 9.17) is 11.6 Å². The normalized spacial score (nSPS) is 12.8. The van der Waals surface area contributed by atoms with Crippen LogP contribution in [0.5, 0.6) is 5.75 Å². The molecule has 1 saturated carbocycles. The fourth-order valence-corrected chi connectivity index (χ4v) is 4.03. The van der Waals surface area contributed by atoms with Crippen molar-refractivity contribution in [2.45, 2.75) is 25.3 Å². The van der Waals surface area contributed by atoms with E-state index >= 15 is 0 Å². The number of rotatable bonds is 6. The molecule has 0 spiro atoms. The van der Waals surface area contributed by atoms with Crippen molar-refractivity contribution in [3.05, 3.63) is 94.7 Å². The van der Waals surface area contributed by atoms with Crippen LogP contribution in [0.25, 0.3) is 11.3 Å². The van der Waals surface area contributed by atoms with Gasteiger partial charge in [-0.25, -0.2) is 14.2 Å². The van der Waals surface area contributed by atoms with Crippen molar-refractivity contribution in [2.75, 3.05) is 5.32 Å². The first kappa shape index (κ1) is 23.5. The lowest BCUT2D eigenvalue weighted by Crippen LogP contribution is -2.30. The zero-order valence-corrected chi connectivity index (χ0v) is 19.7. The van der Waals surface area contributed by atoms with Crippen molar-refractivity contribution >= 4 is 29.2 Å². The number of nitrogens with one attached hydrogen (secondary N) is 2. The van der Waals surface area contributed by atoms with Gasteiger partial charge in [-0.15, -0.1) is 0 Å². The van der Waals surface area contributed by atoms with Crippen molar-refractivity contribution in [1.29, 1.82) is 0 Å². The van der Waals surface area contributed by atoms with Gasteiger partial charge in [-0.05, 0) is 49.2 Å². The predicted octanol–water partition coefficient (Wildman–Crippen LogP) is 5.33. The van der Waals surface area contributed by atoms with E-state index in [0.717, 1.165) is 18.5 Å². The highest BCUT2D eigenvalue weighted by Gasteiger charge is 2.31. The third-order valence-corrected chi connectivity index (χ3v) is 6.15. The summed E-state index contributed by atoms with van der Waals surface area (Å²) in [6, 6.07) is 15.3. The summed E-state index contributed by atoms with van der Waals surface area (Å²) in [5.74, 6) is -0.796. The Morgan fingerprint density at radius 1 is 1.11 bits per heavy atom. The minimum absolute atomic E-state index is 0.0192. The second kappa shape index (κ2) is 9.79. The van der Waals surface area contributed by atoms with Gasteiger partial charge in [-0.1, -0.05) is 29.8 Å². The van der Waals surface area contributed by atoms with E-state index in [-0.39, 0.29) is 28.9 Å². The Morgan fingerprint density at radius 3 is 2.64 bits per heavy atom. The number of aromatic hydroxyl groups is 1. The molecular formula is C26H21ClFN5O3. The zero-order valence-electron chi connectivity index (χ0n) is 18.9. The van der Waals surface area contributed by atoms with Gasteiger partial charge in [0.1, 0.15) is 16.7 Å². The molecule has 2 amide bonds. The van der Waals surface area contributed by atoms with E-state index in [2.05, 4.69) is 20.7 Å². The third kappa shape index (κ3) is 4.92. The van der Waals surface area contributed by atoms with Crippen LogP contribution in [0.2, 0.25) is 5.15 Å². The molecule has 2 heterocycles. The molecule has 4 aromatic rings. The molecular weight excluding hydrogens is 485 g/mol. The summed E-state index contributed by atoms with van der Waals surface area (Å²) >= 11 is 5.98. The number of hydrogen-bond donors (Lipinski definition) is 3. The van der Waals surface area contributed by atoms with Crippen molar-refractivity contribution in [2.24, 2.45) is 0 Å². The molecule has 5 rings (SSSR count). The predicted molar refractivity (Wildman–Crippen MR) is 133 cm³/mol. The second-order valence-corrected chi connectivity index (χ2v) is 8.78. The number of halogens is 2. The zero-order chi connectivity index (χ0) is 25.2. The third-order valence-electron chi connectivity index (χ3n) is 5.85. The summed E-state index contributed by atoms with van der Waals surface area (Å²) in [4.78, 5) is 29.3. The highest BCUT2D eigenvalue weighted by Crippen LogP contribution is 2.42. The lowest BCUT2D eigenvalue weighted by atomic mass is 10.1. The summed E-state index contributed by atoms with van der Waals surface area (Å²) in [5, 5.41) is 20.6. The number of phenolic OH excluding ortho intramolecular Hbond substituents is 1. The summed E-state index contributed by atoms with van der Waals surface area (Å²) in [5.41, 5.74) is 2.45. The van der Waals surface area contributed by atoms with E-state index in [1.807, 2.05) is 0 Å². The first-order chi connectivity index (χ1) is 17.4. The number of pyridine rings is 1. The van der Waals surface area contributed by atoms with Gasteiger partial charge >= 0.3 is 6.03 Å². The van der Waals surface area contributed by atoms with Crippen LogP contribution in [-0.4, -0.2) is 31.8 Å². The van der Waals surface area contributed by atoms with E-state index < -0.39 is 17.8 Å². The second-order valence-electron chi connectivity index (χ2n) is 8.42. The average Bonchev–Trinajstić information content (AvgIpc) is 3.62. The van der Waals surface area contributed by atoms with Gasteiger partial charge in [0.25, 0.3) is 5.91 Å². The molecule has 2 aromatic heterocycles. The Kier molecular flexibility index (Phi) is 6.39. The van der Waals surface area contributed by atoms with E-state index in [1.165, 1.54) is 23.0 Å². The van der Waals surface area contributed by atoms with Crippen LogP contribution in [-0.2, 0) is 6.54 Å². The Hall–Kier alpha value is -4.24. The van der Waals surface area contributed by atoms with Crippen molar-refractivity contribution < 1.29 is 19.1 Å². The molecule has 0 aliphatic heterocycles. The molecule has 8 nitrogen and oxygen atoms in total. The fraction of sp³-hybridized carbons (Fsp3) is 0.154. The fourth-order valence-electron chi connectivity index (χ4n) is 3.83. The molecule has 3 N–H and O–H groups in total. The molecule has 1 fully saturated rings. The van der Waals surface area contributed by atoms with Crippen molar-refractivity contribution in [3.63, 3.8) is 0 Å². The summed E-state index contributed by atoms with van der Waals surface area (Å²) in [6.45, 7) is 0.0192. The monoisotopic (exact) mass is 505 g/mol. The van der Waals surface area contributed by atoms with Gasteiger partial charge in [0, 0.05) is 41.5 Å². The lowest BCUT2D eigenvalue weighted by molar-refractivity contribution is 0.102. The first-order valence-electron chi connectivity index (χ1n) is 11.3. The van der Waals surface area contributed by atoms with Gasteiger partial charge < -0.3 is 15.7 Å². The van der Waals surface area contributed by atoms with Gasteiger partial charge in [0.2, 0.25) is 0 Å². The van der Waals surface area contributed by atoms with Crippen LogP contribution in [0.3, 0.4) is 0 Å². The summed E-state index contributed by atoms with van der Waals surface area (Å²) < 4.78 is 15.2. The molecule has 0 atom stereocenters. The average molecular weight is 506 g/mol. The minimum Gasteiger partial charge on any atom is -0.507 e. The lowest BCUT2D eigenvalue weighted by Gasteiger charge is -2.09. The maximum atomic E-state index is 13.9. The molecule has 36 heavy (non-hydrogen) atoms. The van der Waals surface area contributed by atoms with Crippen LogP contribution < -0.4 is 10.6 Å². The number of amides is 2. The molecule has 1 aliphatic rings. The van der Waals surface area contributed by atoms with Gasteiger partial charge in [0.05, 0.1) is 17.0 Å². The largest absolute Gasteiger partial charge is 0.507 e. The van der Waals surface area contributed by atoms with Crippen LogP contribution in [0.1, 0.15) is 40.4 Å². The van der Waals surface area contributed by atoms with Crippen molar-refractivity contribution in [3.8, 4) is 17.0 Å². The summed E-state index contributed by atoms with van der Waals surface area (Å²) in [7, 11) is 0. The topological polar surface area (TPSA) is 109 Å². The number of aromatic nitrogens is 3. The molecule has 10 heteroatoms. The molecule has 0 unspecified atom stereocenters. The standard InChI is InChI=1S/C26H21ClFN5O3/c27-24-19(5-3-11-29-24)25(35)31-17-9-10-18(23(34)12-17)21-13-22(15-7-8-15)33(32-21)26(36)30-14-16-4-1-2-6-20(16)28/h1-6,9-13,15,34H,7-8,14H2,(H,30,36)(H,31,35). The summed E-state index contributed by atoms with van der Waals surface area (Å²) in [6.07, 6.45) is 3.34. The Morgan fingerprint density at radius 2 is 1.92 bits per heavy atom. The highest BCUT2D eigenvalue weighted by atomic mass is 35.5. The van der Waals surface area contributed by atoms with E-state index in [9.17, 15) is 19.1 Å². The maximum Gasteiger partial charge on any atom is 0.342 e. The number of hydrogen-bond acceptors (Lipinski definition) is 5. The molecule has 0 saturated heterocycles. The van der Waals surface area contributed by atoms with Crippen molar-refractivity contribution in [1.82, 2.24) is 20.1 Å². The molecule has 1 aliphatic carbocycles. The molecule has 2 aromatic carbocycles. The van der Waals surface area contributed by atoms with Crippen LogP contribution in [0, 0.1) is 5.82 Å². The minimum atomic E-state index is -0.483. The van der Waals surface area contributed by atoms with E-state index in [0.29, 0.717) is 22.5 Å². The molecule has 182 valence electrons. The quantitative estimate of drug-likeness (QED) is 0.307. The van der Waals surface area contributed by atoms with Crippen LogP contribution in [0.15, 0.2) is 66.9 Å². The van der Waals surface area contributed by atoms with E-state index in [1.54, 1.807) is 48.5 Å². The highest BCUT2D eigenvalue weighted by molar-refractivity contribution is 6.33. The number of nitrogens with zero attached hydrogens (tertiary/aromatic N) is 3. The Labute approximate surface area is 210 Å². The Bertz CT molecular complexity index is 1470. The van der Waals surface area contributed by atoms with Crippen LogP contribution in [0.4, 0.5) is 14.9 Å². The number of benzene rings is 2. The van der Waals surface area contributed by atoms with Gasteiger partial charge in [-0.3, -0.25) is 4.79 Å². The SMILES string of the molecule is O=C(Nc1ccc(-c2cc(C3CC3)n(C(=O)NCc3ccccc3F)n2)c(O)c1)c1cccnc1Cl. The van der Waals surface area contributed by atoms with Gasteiger partial charge in [-0.2, -0.15) is 9.78 Å². The maximum absolute atomic E-state index is 13.9. The number of carbonyl (C=O) groups excluding carboxylic acids is 2.